The zero-order valence-electron chi connectivity index (χ0n) is 20.6. The molecule has 4 rings (SSSR count). The lowest BCUT2D eigenvalue weighted by molar-refractivity contribution is -0.170. The lowest BCUT2D eigenvalue weighted by atomic mass is 9.81. The van der Waals surface area contributed by atoms with Crippen molar-refractivity contribution < 1.29 is 27.6 Å². The van der Waals surface area contributed by atoms with Gasteiger partial charge in [0.1, 0.15) is 17.9 Å². The molecular weight excluding hydrogens is 491 g/mol. The second-order valence-electron chi connectivity index (χ2n) is 9.65. The van der Waals surface area contributed by atoms with Crippen molar-refractivity contribution in [3.8, 4) is 0 Å². The lowest BCUT2D eigenvalue weighted by Gasteiger charge is -2.46. The molecule has 10 nitrogen and oxygen atoms in total. The average molecular weight is 522 g/mol. The van der Waals surface area contributed by atoms with Crippen LogP contribution in [0, 0.1) is 11.8 Å². The van der Waals surface area contributed by atoms with Gasteiger partial charge in [0.05, 0.1) is 5.92 Å². The lowest BCUT2D eigenvalue weighted by Crippen LogP contribution is -2.71. The summed E-state index contributed by atoms with van der Waals surface area (Å²) in [6.45, 7) is 0. The molecule has 3 atom stereocenters. The number of alkyl halides is 3. The van der Waals surface area contributed by atoms with Crippen LogP contribution in [0.1, 0.15) is 37.7 Å². The number of halogens is 3. The van der Waals surface area contributed by atoms with Gasteiger partial charge in [-0.2, -0.15) is 13.2 Å². The van der Waals surface area contributed by atoms with Crippen LogP contribution >= 0.6 is 0 Å². The number of pyridine rings is 1. The number of nitrogens with two attached hydrogens (primary N) is 1. The number of urea groups is 1. The van der Waals surface area contributed by atoms with Crippen LogP contribution in [-0.2, 0) is 23.1 Å². The van der Waals surface area contributed by atoms with Crippen molar-refractivity contribution in [2.75, 3.05) is 17.7 Å². The number of anilines is 2. The van der Waals surface area contributed by atoms with Gasteiger partial charge in [0.15, 0.2) is 0 Å². The number of carbonyl (C=O) groups excluding carboxylic acids is 3. The molecule has 4 amide bonds. The zero-order valence-corrected chi connectivity index (χ0v) is 20.6. The predicted octanol–water partition coefficient (Wildman–Crippen LogP) is 2.65. The quantitative estimate of drug-likeness (QED) is 0.563. The molecule has 2 aliphatic rings. The molecule has 1 aliphatic carbocycles. The molecule has 2 aromatic rings. The van der Waals surface area contributed by atoms with Crippen molar-refractivity contribution in [1.82, 2.24) is 24.8 Å². The fraction of sp³-hybridized carbons (Fsp3) is 0.542. The maximum absolute atomic E-state index is 13.9. The smallest absolute Gasteiger partial charge is 0.384 e. The van der Waals surface area contributed by atoms with Crippen LogP contribution in [0.15, 0.2) is 30.7 Å². The number of nitrogen functional groups attached to an aromatic ring is 1. The van der Waals surface area contributed by atoms with Crippen LogP contribution in [0.2, 0.25) is 0 Å². The highest BCUT2D eigenvalue weighted by molar-refractivity contribution is 6.12. The van der Waals surface area contributed by atoms with Gasteiger partial charge in [-0.25, -0.2) is 14.8 Å². The van der Waals surface area contributed by atoms with E-state index < -0.39 is 47.9 Å². The number of hydrogen-bond donors (Lipinski definition) is 2. The predicted molar refractivity (Wildman–Crippen MR) is 128 cm³/mol. The topological polar surface area (TPSA) is 126 Å². The second-order valence-corrected chi connectivity index (χ2v) is 9.65. The molecule has 0 spiro atoms. The molecule has 2 aromatic heterocycles. The Labute approximate surface area is 212 Å². The third-order valence-electron chi connectivity index (χ3n) is 7.17. The Balaban J connectivity index is 1.60. The molecule has 0 aromatic carbocycles. The Kier molecular flexibility index (Phi) is 7.42. The van der Waals surface area contributed by atoms with Crippen molar-refractivity contribution in [2.45, 2.75) is 56.8 Å². The standard InChI is InChI=1S/C24H30F3N7O3/c1-32-11-10-30-22(32)33(2)21(36)18-16(12-14-8-9-29-17(28)13-14)20(35)34(18)23(37)31-19(24(25,26)27)15-6-4-3-5-7-15/h8-11,13,15-16,18-19H,3-7,12H2,1-2H3,(H2,28,29)(H,31,37)/t16-,18+,19?/m1/s1. The first-order valence-electron chi connectivity index (χ1n) is 12.1. The fourth-order valence-corrected chi connectivity index (χ4v) is 5.25. The number of nitrogens with one attached hydrogen (secondary N) is 1. The van der Waals surface area contributed by atoms with Crippen molar-refractivity contribution in [2.24, 2.45) is 18.9 Å². The SMILES string of the molecule is CN(C(=O)[C@@H]1[C@@H](Cc2ccnc(N)c2)C(=O)N1C(=O)NC(C1CCCCC1)C(F)(F)F)c1nccn1C. The number of likely N-dealkylation sites (N-methyl/N-ethyl adjacent to an activating group) is 1. The minimum Gasteiger partial charge on any atom is -0.384 e. The number of carbonyl (C=O) groups is 3. The third-order valence-corrected chi connectivity index (χ3v) is 7.17. The Morgan fingerprint density at radius 3 is 2.51 bits per heavy atom. The van der Waals surface area contributed by atoms with Gasteiger partial charge in [0.25, 0.3) is 5.91 Å². The summed E-state index contributed by atoms with van der Waals surface area (Å²) < 4.78 is 43.4. The molecule has 37 heavy (non-hydrogen) atoms. The molecule has 0 radical (unpaired) electrons. The Morgan fingerprint density at radius 2 is 1.92 bits per heavy atom. The highest BCUT2D eigenvalue weighted by Gasteiger charge is 2.57. The van der Waals surface area contributed by atoms with Crippen molar-refractivity contribution in [3.63, 3.8) is 0 Å². The first-order chi connectivity index (χ1) is 17.5. The molecule has 3 N–H and O–H groups in total. The number of rotatable bonds is 6. The van der Waals surface area contributed by atoms with Gasteiger partial charge in [0.2, 0.25) is 11.9 Å². The Hall–Kier alpha value is -3.64. The van der Waals surface area contributed by atoms with Gasteiger partial charge >= 0.3 is 12.2 Å². The number of imidazole rings is 1. The van der Waals surface area contributed by atoms with Gasteiger partial charge in [0, 0.05) is 32.7 Å². The van der Waals surface area contributed by atoms with Crippen molar-refractivity contribution in [1.29, 1.82) is 0 Å². The van der Waals surface area contributed by atoms with Crippen LogP contribution in [-0.4, -0.2) is 62.6 Å². The van der Waals surface area contributed by atoms with Crippen LogP contribution in [0.4, 0.5) is 29.7 Å². The van der Waals surface area contributed by atoms with E-state index in [1.165, 1.54) is 24.3 Å². The van der Waals surface area contributed by atoms with E-state index in [-0.39, 0.29) is 18.2 Å². The van der Waals surface area contributed by atoms with Crippen molar-refractivity contribution in [3.05, 3.63) is 36.3 Å². The van der Waals surface area contributed by atoms with E-state index in [0.717, 1.165) is 6.42 Å². The van der Waals surface area contributed by atoms with Gasteiger partial charge in [-0.3, -0.25) is 19.4 Å². The van der Waals surface area contributed by atoms with Crippen LogP contribution < -0.4 is 16.0 Å². The molecule has 2 fully saturated rings. The molecule has 1 unspecified atom stereocenters. The van der Waals surface area contributed by atoms with E-state index in [1.807, 2.05) is 5.32 Å². The Morgan fingerprint density at radius 1 is 1.22 bits per heavy atom. The van der Waals surface area contributed by atoms with Crippen LogP contribution in [0.3, 0.4) is 0 Å². The number of imide groups is 1. The molecule has 1 saturated carbocycles. The maximum Gasteiger partial charge on any atom is 0.408 e. The molecule has 200 valence electrons. The average Bonchev–Trinajstić information content (AvgIpc) is 3.28. The summed E-state index contributed by atoms with van der Waals surface area (Å²) in [5, 5.41) is 2.04. The summed E-state index contributed by atoms with van der Waals surface area (Å²) in [5.74, 6) is -2.66. The highest BCUT2D eigenvalue weighted by atomic mass is 19.4. The molecule has 13 heteroatoms. The third kappa shape index (κ3) is 5.39. The van der Waals surface area contributed by atoms with Crippen LogP contribution in [0.5, 0.6) is 0 Å². The summed E-state index contributed by atoms with van der Waals surface area (Å²) in [4.78, 5) is 49.6. The van der Waals surface area contributed by atoms with Gasteiger partial charge in [-0.1, -0.05) is 19.3 Å². The first-order valence-corrected chi connectivity index (χ1v) is 12.1. The van der Waals surface area contributed by atoms with E-state index in [4.69, 9.17) is 5.73 Å². The summed E-state index contributed by atoms with van der Waals surface area (Å²) in [7, 11) is 3.10. The summed E-state index contributed by atoms with van der Waals surface area (Å²) in [5.41, 5.74) is 6.34. The minimum absolute atomic E-state index is 0.0610. The fourth-order valence-electron chi connectivity index (χ4n) is 5.25. The van der Waals surface area contributed by atoms with Gasteiger partial charge in [-0.15, -0.1) is 0 Å². The summed E-state index contributed by atoms with van der Waals surface area (Å²) in [6, 6.07) is -1.48. The molecule has 1 aliphatic heterocycles. The number of aryl methyl sites for hydroxylation is 1. The Bertz CT molecular complexity index is 1160. The summed E-state index contributed by atoms with van der Waals surface area (Å²) in [6.07, 6.45) is 2.70. The van der Waals surface area contributed by atoms with E-state index in [1.54, 1.807) is 29.9 Å². The van der Waals surface area contributed by atoms with E-state index >= 15 is 0 Å². The second kappa shape index (κ2) is 10.4. The largest absolute Gasteiger partial charge is 0.408 e. The van der Waals surface area contributed by atoms with E-state index in [0.29, 0.717) is 36.1 Å². The zero-order chi connectivity index (χ0) is 26.9. The van der Waals surface area contributed by atoms with E-state index in [2.05, 4.69) is 9.97 Å². The van der Waals surface area contributed by atoms with E-state index in [9.17, 15) is 27.6 Å². The number of likely N-dealkylation sites (tertiary alicyclic amines) is 1. The molecular formula is C24H30F3N7O3. The van der Waals surface area contributed by atoms with Crippen LogP contribution in [0.25, 0.3) is 0 Å². The van der Waals surface area contributed by atoms with Gasteiger partial charge in [-0.05, 0) is 42.9 Å². The maximum atomic E-state index is 13.9. The number of amides is 4. The molecule has 0 bridgehead atoms. The number of nitrogens with zero attached hydrogens (tertiary/aromatic N) is 5. The molecule has 3 heterocycles. The monoisotopic (exact) mass is 521 g/mol. The highest BCUT2D eigenvalue weighted by Crippen LogP contribution is 2.37. The normalized spacial score (nSPS) is 21.3. The number of β-lactam (4-membered cyclic amide) rings is 1. The minimum atomic E-state index is -4.69. The summed E-state index contributed by atoms with van der Waals surface area (Å²) >= 11 is 0. The van der Waals surface area contributed by atoms with Gasteiger partial charge < -0.3 is 15.6 Å². The number of aromatic nitrogens is 3. The number of hydrogen-bond acceptors (Lipinski definition) is 6. The van der Waals surface area contributed by atoms with Crippen molar-refractivity contribution >= 4 is 29.6 Å². The molecule has 1 saturated heterocycles. The first kappa shape index (κ1) is 26.4.